The molecular weight excluding hydrogens is 236 g/mol. The molecule has 0 atom stereocenters. The highest BCUT2D eigenvalue weighted by molar-refractivity contribution is 5.71. The van der Waals surface area contributed by atoms with Crippen LogP contribution in [0.5, 0.6) is 5.75 Å². The minimum absolute atomic E-state index is 0.0240. The molecule has 0 aromatic heterocycles. The van der Waals surface area contributed by atoms with Crippen LogP contribution in [0.25, 0.3) is 0 Å². The first-order valence-electron chi connectivity index (χ1n) is 5.80. The second-order valence-electron chi connectivity index (χ2n) is 4.27. The standard InChI is InChI=1S/C12H14N2O4/c1-9-8-10(4-5-11(9)14(16)17)18-12(15)13-6-2-3-7-13/h4-5,8H,2-3,6-7H2,1H3. The van der Waals surface area contributed by atoms with Crippen LogP contribution in [0.2, 0.25) is 0 Å². The van der Waals surface area contributed by atoms with E-state index < -0.39 is 4.92 Å². The number of nitro benzene ring substituents is 1. The number of nitro groups is 1. The van der Waals surface area contributed by atoms with E-state index in [-0.39, 0.29) is 11.8 Å². The number of benzene rings is 1. The molecule has 0 radical (unpaired) electrons. The van der Waals surface area contributed by atoms with E-state index >= 15 is 0 Å². The number of amides is 1. The molecule has 1 fully saturated rings. The van der Waals surface area contributed by atoms with E-state index in [1.807, 2.05) is 0 Å². The number of aryl methyl sites for hydroxylation is 1. The van der Waals surface area contributed by atoms with Gasteiger partial charge in [0, 0.05) is 24.7 Å². The van der Waals surface area contributed by atoms with Gasteiger partial charge in [-0.3, -0.25) is 10.1 Å². The Bertz CT molecular complexity index is 481. The summed E-state index contributed by atoms with van der Waals surface area (Å²) in [4.78, 5) is 23.5. The van der Waals surface area contributed by atoms with Gasteiger partial charge in [-0.2, -0.15) is 0 Å². The molecule has 1 heterocycles. The molecule has 1 aliphatic rings. The predicted molar refractivity (Wildman–Crippen MR) is 64.7 cm³/mol. The van der Waals surface area contributed by atoms with E-state index in [9.17, 15) is 14.9 Å². The summed E-state index contributed by atoms with van der Waals surface area (Å²) in [6.07, 6.45) is 1.60. The second-order valence-corrected chi connectivity index (χ2v) is 4.27. The zero-order chi connectivity index (χ0) is 13.1. The number of carbonyl (C=O) groups is 1. The van der Waals surface area contributed by atoms with Crippen LogP contribution in [-0.2, 0) is 0 Å². The molecule has 1 aromatic carbocycles. The lowest BCUT2D eigenvalue weighted by atomic mass is 10.2. The number of likely N-dealkylation sites (tertiary alicyclic amines) is 1. The monoisotopic (exact) mass is 250 g/mol. The summed E-state index contributed by atoms with van der Waals surface area (Å²) in [6.45, 7) is 3.04. The molecule has 1 amide bonds. The number of hydrogen-bond donors (Lipinski definition) is 0. The van der Waals surface area contributed by atoms with Gasteiger partial charge in [-0.25, -0.2) is 4.79 Å². The Balaban J connectivity index is 2.07. The molecule has 96 valence electrons. The van der Waals surface area contributed by atoms with Crippen LogP contribution >= 0.6 is 0 Å². The fourth-order valence-corrected chi connectivity index (χ4v) is 1.96. The third kappa shape index (κ3) is 2.58. The van der Waals surface area contributed by atoms with Gasteiger partial charge in [0.2, 0.25) is 0 Å². The second kappa shape index (κ2) is 5.03. The van der Waals surface area contributed by atoms with Crippen LogP contribution in [-0.4, -0.2) is 29.0 Å². The highest BCUT2D eigenvalue weighted by atomic mass is 16.6. The molecule has 0 unspecified atom stereocenters. The molecule has 0 aliphatic carbocycles. The largest absolute Gasteiger partial charge is 0.415 e. The molecule has 1 saturated heterocycles. The molecule has 2 rings (SSSR count). The Morgan fingerprint density at radius 1 is 1.39 bits per heavy atom. The van der Waals surface area contributed by atoms with Gasteiger partial charge >= 0.3 is 6.09 Å². The number of hydrogen-bond acceptors (Lipinski definition) is 4. The minimum Gasteiger partial charge on any atom is -0.410 e. The smallest absolute Gasteiger partial charge is 0.410 e. The van der Waals surface area contributed by atoms with Crippen molar-refractivity contribution in [1.29, 1.82) is 0 Å². The van der Waals surface area contributed by atoms with Crippen LogP contribution in [0.4, 0.5) is 10.5 Å². The van der Waals surface area contributed by atoms with E-state index in [2.05, 4.69) is 0 Å². The number of ether oxygens (including phenoxy) is 1. The van der Waals surface area contributed by atoms with Crippen LogP contribution in [0, 0.1) is 17.0 Å². The molecule has 6 nitrogen and oxygen atoms in total. The van der Waals surface area contributed by atoms with E-state index in [1.165, 1.54) is 18.2 Å². The van der Waals surface area contributed by atoms with Crippen molar-refractivity contribution in [3.05, 3.63) is 33.9 Å². The molecule has 0 N–H and O–H groups in total. The van der Waals surface area contributed by atoms with Crippen molar-refractivity contribution in [2.75, 3.05) is 13.1 Å². The van der Waals surface area contributed by atoms with E-state index in [4.69, 9.17) is 4.74 Å². The number of carbonyl (C=O) groups excluding carboxylic acids is 1. The summed E-state index contributed by atoms with van der Waals surface area (Å²) in [6, 6.07) is 4.30. The Kier molecular flexibility index (Phi) is 3.45. The van der Waals surface area contributed by atoms with Gasteiger partial charge in [0.15, 0.2) is 0 Å². The normalized spacial score (nSPS) is 14.6. The average molecular weight is 250 g/mol. The summed E-state index contributed by atoms with van der Waals surface area (Å²) in [5.41, 5.74) is 0.502. The van der Waals surface area contributed by atoms with Gasteiger partial charge < -0.3 is 9.64 Å². The first-order chi connectivity index (χ1) is 8.58. The molecule has 6 heteroatoms. The maximum atomic E-state index is 11.7. The zero-order valence-corrected chi connectivity index (χ0v) is 10.1. The predicted octanol–water partition coefficient (Wildman–Crippen LogP) is 2.50. The summed E-state index contributed by atoms with van der Waals surface area (Å²) in [5, 5.41) is 10.7. The van der Waals surface area contributed by atoms with Gasteiger partial charge in [0.1, 0.15) is 5.75 Å². The van der Waals surface area contributed by atoms with Gasteiger partial charge in [0.05, 0.1) is 4.92 Å². The Hall–Kier alpha value is -2.11. The quantitative estimate of drug-likeness (QED) is 0.597. The fourth-order valence-electron chi connectivity index (χ4n) is 1.96. The molecule has 1 aliphatic heterocycles. The lowest BCUT2D eigenvalue weighted by Crippen LogP contribution is -2.30. The molecule has 0 bridgehead atoms. The third-order valence-corrected chi connectivity index (χ3v) is 2.93. The lowest BCUT2D eigenvalue weighted by molar-refractivity contribution is -0.385. The van der Waals surface area contributed by atoms with Gasteiger partial charge in [-0.1, -0.05) is 0 Å². The Labute approximate surface area is 104 Å². The number of rotatable bonds is 2. The highest BCUT2D eigenvalue weighted by Crippen LogP contribution is 2.23. The van der Waals surface area contributed by atoms with E-state index in [0.717, 1.165) is 12.8 Å². The fraction of sp³-hybridized carbons (Fsp3) is 0.417. The topological polar surface area (TPSA) is 72.7 Å². The van der Waals surface area contributed by atoms with E-state index in [0.29, 0.717) is 24.4 Å². The van der Waals surface area contributed by atoms with Crippen molar-refractivity contribution >= 4 is 11.8 Å². The first-order valence-corrected chi connectivity index (χ1v) is 5.80. The van der Waals surface area contributed by atoms with Crippen LogP contribution in [0.3, 0.4) is 0 Å². The minimum atomic E-state index is -0.457. The summed E-state index contributed by atoms with van der Waals surface area (Å²) >= 11 is 0. The van der Waals surface area contributed by atoms with Crippen molar-refractivity contribution < 1.29 is 14.5 Å². The number of nitrogens with zero attached hydrogens (tertiary/aromatic N) is 2. The Morgan fingerprint density at radius 3 is 2.61 bits per heavy atom. The summed E-state index contributed by atoms with van der Waals surface area (Å²) in [5.74, 6) is 0.343. The lowest BCUT2D eigenvalue weighted by Gasteiger charge is -2.14. The first kappa shape index (κ1) is 12.3. The average Bonchev–Trinajstić information content (AvgIpc) is 2.81. The molecule has 18 heavy (non-hydrogen) atoms. The molecule has 1 aromatic rings. The molecular formula is C12H14N2O4. The van der Waals surface area contributed by atoms with Crippen molar-refractivity contribution in [2.24, 2.45) is 0 Å². The summed E-state index contributed by atoms with van der Waals surface area (Å²) in [7, 11) is 0. The molecule has 0 saturated carbocycles. The van der Waals surface area contributed by atoms with Crippen LogP contribution in [0.1, 0.15) is 18.4 Å². The zero-order valence-electron chi connectivity index (χ0n) is 10.1. The SMILES string of the molecule is Cc1cc(OC(=O)N2CCCC2)ccc1[N+](=O)[O-]. The Morgan fingerprint density at radius 2 is 2.06 bits per heavy atom. The maximum absolute atomic E-state index is 11.7. The molecule has 0 spiro atoms. The highest BCUT2D eigenvalue weighted by Gasteiger charge is 2.20. The van der Waals surface area contributed by atoms with E-state index in [1.54, 1.807) is 11.8 Å². The maximum Gasteiger partial charge on any atom is 0.415 e. The van der Waals surface area contributed by atoms with Crippen LogP contribution < -0.4 is 4.74 Å². The van der Waals surface area contributed by atoms with Crippen molar-refractivity contribution in [2.45, 2.75) is 19.8 Å². The summed E-state index contributed by atoms with van der Waals surface area (Å²) < 4.78 is 5.18. The van der Waals surface area contributed by atoms with Crippen LogP contribution in [0.15, 0.2) is 18.2 Å². The van der Waals surface area contributed by atoms with Crippen molar-refractivity contribution in [3.63, 3.8) is 0 Å². The van der Waals surface area contributed by atoms with Gasteiger partial charge in [0.25, 0.3) is 5.69 Å². The van der Waals surface area contributed by atoms with Crippen molar-refractivity contribution in [1.82, 2.24) is 4.90 Å². The van der Waals surface area contributed by atoms with Gasteiger partial charge in [-0.05, 0) is 31.9 Å². The van der Waals surface area contributed by atoms with Crippen molar-refractivity contribution in [3.8, 4) is 5.75 Å². The third-order valence-electron chi connectivity index (χ3n) is 2.93. The van der Waals surface area contributed by atoms with Gasteiger partial charge in [-0.15, -0.1) is 0 Å².